The number of amides is 1. The summed E-state index contributed by atoms with van der Waals surface area (Å²) in [7, 11) is 0. The Morgan fingerprint density at radius 1 is 1.44 bits per heavy atom. The molecule has 2 atom stereocenters. The lowest BCUT2D eigenvalue weighted by atomic mass is 10.1. The van der Waals surface area contributed by atoms with E-state index in [-0.39, 0.29) is 18.1 Å². The molecule has 1 fully saturated rings. The smallest absolute Gasteiger partial charge is 0.251 e. The molecular formula is C15H21NO2. The van der Waals surface area contributed by atoms with Crippen molar-refractivity contribution in [2.45, 2.75) is 45.3 Å². The number of carbonyl (C=O) groups excluding carboxylic acids is 1. The van der Waals surface area contributed by atoms with E-state index in [4.69, 9.17) is 4.74 Å². The summed E-state index contributed by atoms with van der Waals surface area (Å²) in [6, 6.07) is 7.86. The zero-order chi connectivity index (χ0) is 13.0. The molecule has 1 aliphatic heterocycles. The molecule has 0 radical (unpaired) electrons. The first-order valence-electron chi connectivity index (χ1n) is 6.72. The Balaban J connectivity index is 1.93. The third kappa shape index (κ3) is 3.10. The highest BCUT2D eigenvalue weighted by atomic mass is 16.5. The first-order chi connectivity index (χ1) is 8.70. The van der Waals surface area contributed by atoms with Gasteiger partial charge in [-0.05, 0) is 43.9 Å². The fraction of sp³-hybridized carbons (Fsp3) is 0.533. The molecule has 0 unspecified atom stereocenters. The Hall–Kier alpha value is -1.35. The maximum absolute atomic E-state index is 12.0. The average molecular weight is 247 g/mol. The van der Waals surface area contributed by atoms with Crippen LogP contribution in [0.15, 0.2) is 24.3 Å². The van der Waals surface area contributed by atoms with Crippen molar-refractivity contribution < 1.29 is 9.53 Å². The first kappa shape index (κ1) is 13.1. The SMILES string of the molecule is CCc1ccc(C(=O)N[C@H](C)[C@H]2CCCO2)cc1. The van der Waals surface area contributed by atoms with Gasteiger partial charge in [-0.3, -0.25) is 4.79 Å². The van der Waals surface area contributed by atoms with Crippen LogP contribution >= 0.6 is 0 Å². The Labute approximate surface area is 109 Å². The van der Waals surface area contributed by atoms with Crippen molar-refractivity contribution in [1.82, 2.24) is 5.32 Å². The van der Waals surface area contributed by atoms with E-state index in [1.54, 1.807) is 0 Å². The minimum atomic E-state index is -0.0133. The molecule has 1 amide bonds. The second kappa shape index (κ2) is 6.01. The molecule has 0 aromatic heterocycles. The van der Waals surface area contributed by atoms with Crippen LogP contribution in [-0.2, 0) is 11.2 Å². The summed E-state index contributed by atoms with van der Waals surface area (Å²) < 4.78 is 5.57. The molecule has 1 aliphatic rings. The predicted molar refractivity (Wildman–Crippen MR) is 71.7 cm³/mol. The van der Waals surface area contributed by atoms with Gasteiger partial charge in [0, 0.05) is 12.2 Å². The van der Waals surface area contributed by atoms with Crippen LogP contribution in [0.25, 0.3) is 0 Å². The molecule has 0 aliphatic carbocycles. The van der Waals surface area contributed by atoms with Crippen molar-refractivity contribution in [2.75, 3.05) is 6.61 Å². The van der Waals surface area contributed by atoms with Crippen molar-refractivity contribution >= 4 is 5.91 Å². The van der Waals surface area contributed by atoms with Gasteiger partial charge >= 0.3 is 0 Å². The third-order valence-electron chi connectivity index (χ3n) is 3.51. The Bertz CT molecular complexity index is 393. The summed E-state index contributed by atoms with van der Waals surface area (Å²) in [5.74, 6) is -0.0133. The number of nitrogens with one attached hydrogen (secondary N) is 1. The van der Waals surface area contributed by atoms with Crippen LogP contribution in [0.4, 0.5) is 0 Å². The van der Waals surface area contributed by atoms with Crippen LogP contribution < -0.4 is 5.32 Å². The van der Waals surface area contributed by atoms with Gasteiger partial charge in [0.05, 0.1) is 12.1 Å². The van der Waals surface area contributed by atoms with Gasteiger partial charge in [-0.25, -0.2) is 0 Å². The molecule has 1 aromatic rings. The molecular weight excluding hydrogens is 226 g/mol. The number of rotatable bonds is 4. The number of hydrogen-bond donors (Lipinski definition) is 1. The van der Waals surface area contributed by atoms with Crippen LogP contribution in [0.5, 0.6) is 0 Å². The van der Waals surface area contributed by atoms with Gasteiger partial charge in [0.1, 0.15) is 0 Å². The van der Waals surface area contributed by atoms with Crippen molar-refractivity contribution in [2.24, 2.45) is 0 Å². The summed E-state index contributed by atoms with van der Waals surface area (Å²) in [4.78, 5) is 12.0. The second-order valence-electron chi connectivity index (χ2n) is 4.86. The lowest BCUT2D eigenvalue weighted by Crippen LogP contribution is -2.40. The van der Waals surface area contributed by atoms with E-state index in [2.05, 4.69) is 12.2 Å². The molecule has 0 bridgehead atoms. The zero-order valence-electron chi connectivity index (χ0n) is 11.1. The highest BCUT2D eigenvalue weighted by Gasteiger charge is 2.23. The molecule has 1 N–H and O–H groups in total. The molecule has 98 valence electrons. The van der Waals surface area contributed by atoms with Crippen molar-refractivity contribution in [3.63, 3.8) is 0 Å². The summed E-state index contributed by atoms with van der Waals surface area (Å²) in [5, 5.41) is 3.01. The molecule has 2 rings (SSSR count). The monoisotopic (exact) mass is 247 g/mol. The topological polar surface area (TPSA) is 38.3 Å². The van der Waals surface area contributed by atoms with Gasteiger partial charge in [-0.1, -0.05) is 19.1 Å². The molecule has 0 saturated carbocycles. The number of carbonyl (C=O) groups is 1. The van der Waals surface area contributed by atoms with Gasteiger partial charge in [0.25, 0.3) is 5.91 Å². The van der Waals surface area contributed by atoms with E-state index in [1.807, 2.05) is 31.2 Å². The van der Waals surface area contributed by atoms with Gasteiger partial charge < -0.3 is 10.1 Å². The van der Waals surface area contributed by atoms with Crippen LogP contribution in [0.1, 0.15) is 42.6 Å². The zero-order valence-corrected chi connectivity index (χ0v) is 11.1. The average Bonchev–Trinajstić information content (AvgIpc) is 2.92. The minimum absolute atomic E-state index is 0.0133. The summed E-state index contributed by atoms with van der Waals surface area (Å²) >= 11 is 0. The lowest BCUT2D eigenvalue weighted by Gasteiger charge is -2.20. The van der Waals surface area contributed by atoms with Gasteiger partial charge in [0.2, 0.25) is 0 Å². The number of benzene rings is 1. The van der Waals surface area contributed by atoms with E-state index in [1.165, 1.54) is 5.56 Å². The van der Waals surface area contributed by atoms with Crippen LogP contribution in [0, 0.1) is 0 Å². The van der Waals surface area contributed by atoms with E-state index >= 15 is 0 Å². The van der Waals surface area contributed by atoms with Crippen LogP contribution in [0.2, 0.25) is 0 Å². The van der Waals surface area contributed by atoms with Gasteiger partial charge in [-0.15, -0.1) is 0 Å². The molecule has 18 heavy (non-hydrogen) atoms. The summed E-state index contributed by atoms with van der Waals surface area (Å²) in [6.45, 7) is 4.93. The fourth-order valence-corrected chi connectivity index (χ4v) is 2.27. The highest BCUT2D eigenvalue weighted by Crippen LogP contribution is 2.16. The van der Waals surface area contributed by atoms with E-state index < -0.39 is 0 Å². The van der Waals surface area contributed by atoms with E-state index in [0.29, 0.717) is 0 Å². The molecule has 1 heterocycles. The second-order valence-corrected chi connectivity index (χ2v) is 4.86. The van der Waals surface area contributed by atoms with Gasteiger partial charge in [-0.2, -0.15) is 0 Å². The Kier molecular flexibility index (Phi) is 4.37. The van der Waals surface area contributed by atoms with E-state index in [0.717, 1.165) is 31.4 Å². The van der Waals surface area contributed by atoms with Crippen LogP contribution in [-0.4, -0.2) is 24.7 Å². The van der Waals surface area contributed by atoms with Gasteiger partial charge in [0.15, 0.2) is 0 Å². The third-order valence-corrected chi connectivity index (χ3v) is 3.51. The first-order valence-corrected chi connectivity index (χ1v) is 6.72. The van der Waals surface area contributed by atoms with Crippen LogP contribution in [0.3, 0.4) is 0 Å². The largest absolute Gasteiger partial charge is 0.376 e. The number of aryl methyl sites for hydroxylation is 1. The standard InChI is InChI=1S/C15H21NO2/c1-3-12-6-8-13(9-7-12)15(17)16-11(2)14-5-4-10-18-14/h6-9,11,14H,3-5,10H2,1-2H3,(H,16,17)/t11-,14-/m1/s1. The molecule has 1 saturated heterocycles. The predicted octanol–water partition coefficient (Wildman–Crippen LogP) is 2.55. The highest BCUT2D eigenvalue weighted by molar-refractivity contribution is 5.94. The fourth-order valence-electron chi connectivity index (χ4n) is 2.27. The minimum Gasteiger partial charge on any atom is -0.376 e. The molecule has 0 spiro atoms. The molecule has 3 nitrogen and oxygen atoms in total. The molecule has 3 heteroatoms. The molecule has 1 aromatic carbocycles. The number of hydrogen-bond acceptors (Lipinski definition) is 2. The number of ether oxygens (including phenoxy) is 1. The van der Waals surface area contributed by atoms with E-state index in [9.17, 15) is 4.79 Å². The van der Waals surface area contributed by atoms with Crippen molar-refractivity contribution in [1.29, 1.82) is 0 Å². The van der Waals surface area contributed by atoms with Crippen molar-refractivity contribution in [3.8, 4) is 0 Å². The summed E-state index contributed by atoms with van der Waals surface area (Å²) in [6.07, 6.45) is 3.30. The Morgan fingerprint density at radius 2 is 2.17 bits per heavy atom. The normalized spacial score (nSPS) is 20.7. The Morgan fingerprint density at radius 3 is 2.72 bits per heavy atom. The quantitative estimate of drug-likeness (QED) is 0.888. The maximum Gasteiger partial charge on any atom is 0.251 e. The maximum atomic E-state index is 12.0. The lowest BCUT2D eigenvalue weighted by molar-refractivity contribution is 0.0712. The van der Waals surface area contributed by atoms with Crippen molar-refractivity contribution in [3.05, 3.63) is 35.4 Å². The summed E-state index contributed by atoms with van der Waals surface area (Å²) in [5.41, 5.74) is 1.97.